The van der Waals surface area contributed by atoms with Crippen LogP contribution in [0.4, 0.5) is 4.79 Å². The molecule has 1 amide bonds. The van der Waals surface area contributed by atoms with Crippen LogP contribution in [0.5, 0.6) is 0 Å². The fraction of sp³-hybridized carbons (Fsp3) is 0.480. The number of benzene rings is 2. The van der Waals surface area contributed by atoms with E-state index in [-0.39, 0.29) is 17.4 Å². The highest BCUT2D eigenvalue weighted by molar-refractivity contribution is 7.89. The molecule has 1 aliphatic heterocycles. The number of hydrogen-bond acceptors (Lipinski definition) is 5. The van der Waals surface area contributed by atoms with Gasteiger partial charge in [0.05, 0.1) is 17.0 Å². The lowest BCUT2D eigenvalue weighted by Gasteiger charge is -2.30. The van der Waals surface area contributed by atoms with Gasteiger partial charge in [0.2, 0.25) is 10.0 Å². The third-order valence-corrected chi connectivity index (χ3v) is 7.46. The summed E-state index contributed by atoms with van der Waals surface area (Å²) in [7, 11) is -3.78. The molecule has 0 saturated heterocycles. The van der Waals surface area contributed by atoms with Crippen LogP contribution in [0.3, 0.4) is 0 Å². The first-order valence-corrected chi connectivity index (χ1v) is 12.7. The van der Waals surface area contributed by atoms with Gasteiger partial charge >= 0.3 is 6.09 Å². The number of rotatable bonds is 6. The van der Waals surface area contributed by atoms with Gasteiger partial charge in [-0.1, -0.05) is 55.5 Å². The van der Waals surface area contributed by atoms with E-state index in [0.717, 1.165) is 11.1 Å². The van der Waals surface area contributed by atoms with Crippen molar-refractivity contribution < 1.29 is 23.1 Å². The standard InChI is InChI=1S/C25H34N2O5S/c1-18-14-20-12-8-9-13-23(20)33(30,31)27(16-18)17-22(28)21(15-19-10-6-5-7-11-19)26-24(29)32-25(2,3)4/h5-13,18,21-22,28H,14-17H2,1-4H3,(H,26,29)/t18?,21-,22+/m0/s1. The van der Waals surface area contributed by atoms with Crippen LogP contribution >= 0.6 is 0 Å². The van der Waals surface area contributed by atoms with Crippen LogP contribution in [-0.4, -0.2) is 54.8 Å². The minimum atomic E-state index is -3.78. The lowest BCUT2D eigenvalue weighted by molar-refractivity contribution is 0.0400. The van der Waals surface area contributed by atoms with Gasteiger partial charge in [-0.25, -0.2) is 13.2 Å². The van der Waals surface area contributed by atoms with Crippen molar-refractivity contribution in [1.29, 1.82) is 0 Å². The third kappa shape index (κ3) is 6.79. The van der Waals surface area contributed by atoms with Crippen molar-refractivity contribution in [2.24, 2.45) is 5.92 Å². The number of fused-ring (bicyclic) bond motifs is 1. The van der Waals surface area contributed by atoms with E-state index in [0.29, 0.717) is 19.4 Å². The van der Waals surface area contributed by atoms with Gasteiger partial charge in [0.1, 0.15) is 5.60 Å². The predicted molar refractivity (Wildman–Crippen MR) is 127 cm³/mol. The smallest absolute Gasteiger partial charge is 0.407 e. The van der Waals surface area contributed by atoms with Crippen molar-refractivity contribution in [1.82, 2.24) is 9.62 Å². The molecule has 33 heavy (non-hydrogen) atoms. The maximum absolute atomic E-state index is 13.4. The number of carbonyl (C=O) groups excluding carboxylic acids is 1. The van der Waals surface area contributed by atoms with Crippen LogP contribution in [0.15, 0.2) is 59.5 Å². The van der Waals surface area contributed by atoms with E-state index in [2.05, 4.69) is 5.32 Å². The number of aliphatic hydroxyl groups excluding tert-OH is 1. The van der Waals surface area contributed by atoms with Crippen LogP contribution in [0.25, 0.3) is 0 Å². The van der Waals surface area contributed by atoms with Crippen molar-refractivity contribution in [3.8, 4) is 0 Å². The molecule has 3 rings (SSSR count). The van der Waals surface area contributed by atoms with Gasteiger partial charge in [-0.3, -0.25) is 0 Å². The minimum absolute atomic E-state index is 0.0852. The summed E-state index contributed by atoms with van der Waals surface area (Å²) >= 11 is 0. The topological polar surface area (TPSA) is 95.9 Å². The van der Waals surface area contributed by atoms with Crippen molar-refractivity contribution >= 4 is 16.1 Å². The molecular formula is C25H34N2O5S. The molecule has 7 nitrogen and oxygen atoms in total. The molecule has 0 aromatic heterocycles. The number of nitrogens with zero attached hydrogens (tertiary/aromatic N) is 1. The molecule has 3 atom stereocenters. The Morgan fingerprint density at radius 2 is 1.79 bits per heavy atom. The van der Waals surface area contributed by atoms with Gasteiger partial charge in [0.15, 0.2) is 0 Å². The summed E-state index contributed by atoms with van der Waals surface area (Å²) in [5.74, 6) is 0.0852. The maximum atomic E-state index is 13.4. The molecule has 0 fully saturated rings. The molecular weight excluding hydrogens is 440 g/mol. The summed E-state index contributed by atoms with van der Waals surface area (Å²) in [6, 6.07) is 15.7. The van der Waals surface area contributed by atoms with Gasteiger partial charge in [-0.05, 0) is 56.7 Å². The molecule has 180 valence electrons. The van der Waals surface area contributed by atoms with E-state index in [1.54, 1.807) is 32.9 Å². The zero-order valence-corrected chi connectivity index (χ0v) is 20.5. The summed E-state index contributed by atoms with van der Waals surface area (Å²) in [5.41, 5.74) is 1.00. The Morgan fingerprint density at radius 3 is 2.45 bits per heavy atom. The minimum Gasteiger partial charge on any atom is -0.444 e. The van der Waals surface area contributed by atoms with E-state index in [1.807, 2.05) is 49.4 Å². The fourth-order valence-electron chi connectivity index (χ4n) is 4.07. The highest BCUT2D eigenvalue weighted by Gasteiger charge is 2.35. The number of alkyl carbamates (subject to hydrolysis) is 1. The lowest BCUT2D eigenvalue weighted by Crippen LogP contribution is -2.51. The largest absolute Gasteiger partial charge is 0.444 e. The molecule has 8 heteroatoms. The van der Waals surface area contributed by atoms with E-state index in [4.69, 9.17) is 4.74 Å². The molecule has 1 unspecified atom stereocenters. The van der Waals surface area contributed by atoms with Crippen LogP contribution in [0.1, 0.15) is 38.8 Å². The Kier molecular flexibility index (Phi) is 7.82. The molecule has 0 bridgehead atoms. The Bertz CT molecular complexity index is 1050. The van der Waals surface area contributed by atoms with Crippen LogP contribution in [-0.2, 0) is 27.6 Å². The number of hydrogen-bond donors (Lipinski definition) is 2. The predicted octanol–water partition coefficient (Wildman–Crippen LogP) is 3.37. The zero-order chi connectivity index (χ0) is 24.2. The highest BCUT2D eigenvalue weighted by Crippen LogP contribution is 2.28. The first-order valence-electron chi connectivity index (χ1n) is 11.3. The molecule has 2 aromatic carbocycles. The fourth-order valence-corrected chi connectivity index (χ4v) is 5.88. The van der Waals surface area contributed by atoms with Crippen molar-refractivity contribution in [3.05, 3.63) is 65.7 Å². The lowest BCUT2D eigenvalue weighted by atomic mass is 10.00. The quantitative estimate of drug-likeness (QED) is 0.669. The van der Waals surface area contributed by atoms with Crippen LogP contribution in [0.2, 0.25) is 0 Å². The second-order valence-corrected chi connectivity index (χ2v) is 11.7. The molecule has 0 saturated carbocycles. The molecule has 1 aliphatic rings. The van der Waals surface area contributed by atoms with Gasteiger partial charge in [0.25, 0.3) is 0 Å². The summed E-state index contributed by atoms with van der Waals surface area (Å²) in [6.07, 6.45) is -0.808. The molecule has 0 aliphatic carbocycles. The highest BCUT2D eigenvalue weighted by atomic mass is 32.2. The summed E-state index contributed by atoms with van der Waals surface area (Å²) < 4.78 is 33.5. The normalized spacial score (nSPS) is 20.2. The third-order valence-electron chi connectivity index (χ3n) is 5.53. The van der Waals surface area contributed by atoms with Gasteiger partial charge in [-0.2, -0.15) is 4.31 Å². The van der Waals surface area contributed by atoms with Gasteiger partial charge < -0.3 is 15.2 Å². The Balaban J connectivity index is 1.84. The van der Waals surface area contributed by atoms with Gasteiger partial charge in [-0.15, -0.1) is 0 Å². The number of carbonyl (C=O) groups is 1. The van der Waals surface area contributed by atoms with Crippen molar-refractivity contribution in [3.63, 3.8) is 0 Å². The SMILES string of the molecule is CC1Cc2ccccc2S(=O)(=O)N(C[C@@H](O)[C@H](Cc2ccccc2)NC(=O)OC(C)(C)C)C1. The van der Waals surface area contributed by atoms with Crippen molar-refractivity contribution in [2.75, 3.05) is 13.1 Å². The van der Waals surface area contributed by atoms with E-state index in [1.165, 1.54) is 4.31 Å². The number of sulfonamides is 1. The van der Waals surface area contributed by atoms with Crippen LogP contribution < -0.4 is 5.32 Å². The molecule has 2 N–H and O–H groups in total. The Hall–Kier alpha value is -2.42. The summed E-state index contributed by atoms with van der Waals surface area (Å²) in [5, 5.41) is 13.9. The Labute approximate surface area is 196 Å². The van der Waals surface area contributed by atoms with E-state index in [9.17, 15) is 18.3 Å². The monoisotopic (exact) mass is 474 g/mol. The molecule has 1 heterocycles. The van der Waals surface area contributed by atoms with E-state index < -0.39 is 33.9 Å². The Morgan fingerprint density at radius 1 is 1.15 bits per heavy atom. The second kappa shape index (κ2) is 10.2. The van der Waals surface area contributed by atoms with E-state index >= 15 is 0 Å². The number of nitrogens with one attached hydrogen (secondary N) is 1. The molecule has 2 aromatic rings. The average molecular weight is 475 g/mol. The van der Waals surface area contributed by atoms with Crippen molar-refractivity contribution in [2.45, 2.75) is 63.2 Å². The summed E-state index contributed by atoms with van der Waals surface area (Å²) in [4.78, 5) is 12.8. The first kappa shape index (κ1) is 25.2. The number of ether oxygens (including phenoxy) is 1. The number of amides is 1. The second-order valence-electron chi connectivity index (χ2n) is 9.75. The molecule has 0 radical (unpaired) electrons. The summed E-state index contributed by atoms with van der Waals surface area (Å²) in [6.45, 7) is 7.44. The zero-order valence-electron chi connectivity index (χ0n) is 19.7. The van der Waals surface area contributed by atoms with Gasteiger partial charge in [0, 0.05) is 13.1 Å². The number of aliphatic hydroxyl groups is 1. The van der Waals surface area contributed by atoms with Crippen LogP contribution in [0, 0.1) is 5.92 Å². The maximum Gasteiger partial charge on any atom is 0.407 e. The average Bonchev–Trinajstić information content (AvgIpc) is 2.81. The first-order chi connectivity index (χ1) is 15.5. The molecule has 0 spiro atoms. The number of β-amino-alcohol motifs (C(OH)–C–C–N with tert-alkyl or cyclic N) is 1.